The fourth-order valence-electron chi connectivity index (χ4n) is 3.82. The number of carbonyl (C=O) groups is 2. The molecule has 0 bridgehead atoms. The first-order valence-electron chi connectivity index (χ1n) is 11.1. The summed E-state index contributed by atoms with van der Waals surface area (Å²) in [6.45, 7) is 3.76. The second-order valence-electron chi connectivity index (χ2n) is 8.39. The smallest absolute Gasteiger partial charge is 0.256 e. The summed E-state index contributed by atoms with van der Waals surface area (Å²) < 4.78 is 19.3. The number of pyridine rings is 1. The molecular formula is C26H25FN4O4. The van der Waals surface area contributed by atoms with Gasteiger partial charge in [-0.25, -0.2) is 4.39 Å². The number of aromatic amines is 1. The summed E-state index contributed by atoms with van der Waals surface area (Å²) in [4.78, 5) is 40.3. The van der Waals surface area contributed by atoms with Gasteiger partial charge >= 0.3 is 0 Å². The lowest BCUT2D eigenvalue weighted by atomic mass is 10.0. The summed E-state index contributed by atoms with van der Waals surface area (Å²) in [7, 11) is 0. The Bertz CT molecular complexity index is 1480. The van der Waals surface area contributed by atoms with Gasteiger partial charge in [-0.2, -0.15) is 0 Å². The van der Waals surface area contributed by atoms with Crippen molar-refractivity contribution in [1.29, 1.82) is 0 Å². The lowest BCUT2D eigenvalue weighted by molar-refractivity contribution is -0.118. The van der Waals surface area contributed by atoms with Crippen molar-refractivity contribution in [2.75, 3.05) is 17.2 Å². The molecule has 1 unspecified atom stereocenters. The number of H-pyrrole nitrogens is 1. The molecule has 0 saturated heterocycles. The summed E-state index contributed by atoms with van der Waals surface area (Å²) in [6, 6.07) is 14.8. The number of nitrogens with one attached hydrogen (secondary N) is 3. The summed E-state index contributed by atoms with van der Waals surface area (Å²) in [5.74, 6) is -1.49. The standard InChI is InChI=1S/C26H25FN4O4/c1-14(2)35-13-22(29-16-6-3-5-15(27)11-16)26(34)30-17-9-10-19-21(12-17)18-7-4-8-20(24(28)32)23(18)31-25(19)33/h3-12,14,22,29H,13H2,1-2H3,(H2,28,32)(H,30,34)(H,31,33). The highest BCUT2D eigenvalue weighted by atomic mass is 19.1. The maximum Gasteiger partial charge on any atom is 0.256 e. The molecule has 8 nitrogen and oxygen atoms in total. The molecule has 3 aromatic carbocycles. The Labute approximate surface area is 200 Å². The van der Waals surface area contributed by atoms with Gasteiger partial charge in [-0.05, 0) is 61.7 Å². The van der Waals surface area contributed by atoms with Gasteiger partial charge in [0.05, 0.1) is 23.8 Å². The molecule has 1 aromatic heterocycles. The van der Waals surface area contributed by atoms with Crippen molar-refractivity contribution >= 4 is 44.9 Å². The van der Waals surface area contributed by atoms with Gasteiger partial charge in [0.2, 0.25) is 5.91 Å². The molecular weight excluding hydrogens is 451 g/mol. The van der Waals surface area contributed by atoms with Crippen LogP contribution in [0.5, 0.6) is 0 Å². The SMILES string of the molecule is CC(C)OCC(Nc1cccc(F)c1)C(=O)Nc1ccc2c(=O)[nH]c3c(C(N)=O)cccc3c2c1. The van der Waals surface area contributed by atoms with Crippen LogP contribution < -0.4 is 21.9 Å². The van der Waals surface area contributed by atoms with Gasteiger partial charge in [0.25, 0.3) is 11.5 Å². The number of rotatable bonds is 8. The number of primary amides is 1. The molecule has 0 aliphatic rings. The quantitative estimate of drug-likeness (QED) is 0.288. The molecule has 4 rings (SSSR count). The number of amides is 2. The molecule has 0 fully saturated rings. The zero-order valence-electron chi connectivity index (χ0n) is 19.2. The summed E-state index contributed by atoms with van der Waals surface area (Å²) >= 11 is 0. The third-order valence-electron chi connectivity index (χ3n) is 5.47. The minimum atomic E-state index is -0.813. The van der Waals surface area contributed by atoms with Crippen LogP contribution in [0.25, 0.3) is 21.7 Å². The molecule has 1 heterocycles. The largest absolute Gasteiger partial charge is 0.376 e. The van der Waals surface area contributed by atoms with E-state index >= 15 is 0 Å². The van der Waals surface area contributed by atoms with Gasteiger partial charge in [0, 0.05) is 22.1 Å². The van der Waals surface area contributed by atoms with E-state index in [1.54, 1.807) is 42.5 Å². The van der Waals surface area contributed by atoms with E-state index in [-0.39, 0.29) is 23.8 Å². The number of hydrogen-bond donors (Lipinski definition) is 4. The van der Waals surface area contributed by atoms with Crippen LogP contribution in [-0.2, 0) is 9.53 Å². The second-order valence-corrected chi connectivity index (χ2v) is 8.39. The first-order chi connectivity index (χ1) is 16.7. The highest BCUT2D eigenvalue weighted by Crippen LogP contribution is 2.26. The maximum atomic E-state index is 13.6. The number of halogens is 1. The highest BCUT2D eigenvalue weighted by Gasteiger charge is 2.20. The van der Waals surface area contributed by atoms with Crippen LogP contribution in [0.1, 0.15) is 24.2 Å². The number of hydrogen-bond acceptors (Lipinski definition) is 5. The third-order valence-corrected chi connectivity index (χ3v) is 5.47. The lowest BCUT2D eigenvalue weighted by Gasteiger charge is -2.21. The number of fused-ring (bicyclic) bond motifs is 3. The Morgan fingerprint density at radius 3 is 2.49 bits per heavy atom. The molecule has 35 heavy (non-hydrogen) atoms. The fourth-order valence-corrected chi connectivity index (χ4v) is 3.82. The van der Waals surface area contributed by atoms with E-state index < -0.39 is 23.7 Å². The van der Waals surface area contributed by atoms with E-state index in [4.69, 9.17) is 10.5 Å². The molecule has 0 saturated carbocycles. The minimum absolute atomic E-state index is 0.0537. The Morgan fingerprint density at radius 1 is 1.00 bits per heavy atom. The summed E-state index contributed by atoms with van der Waals surface area (Å²) in [6.07, 6.45) is -0.113. The van der Waals surface area contributed by atoms with Gasteiger partial charge in [0.15, 0.2) is 0 Å². The van der Waals surface area contributed by atoms with Crippen LogP contribution in [0, 0.1) is 5.82 Å². The predicted octanol–water partition coefficient (Wildman–Crippen LogP) is 3.76. The molecule has 9 heteroatoms. The number of para-hydroxylation sites is 1. The van der Waals surface area contributed by atoms with Crippen LogP contribution in [0.4, 0.5) is 15.8 Å². The Morgan fingerprint density at radius 2 is 1.77 bits per heavy atom. The van der Waals surface area contributed by atoms with Crippen molar-refractivity contribution in [3.63, 3.8) is 0 Å². The first-order valence-corrected chi connectivity index (χ1v) is 11.1. The van der Waals surface area contributed by atoms with Crippen LogP contribution in [0.2, 0.25) is 0 Å². The first kappa shape index (κ1) is 23.9. The van der Waals surface area contributed by atoms with E-state index in [2.05, 4.69) is 15.6 Å². The van der Waals surface area contributed by atoms with Crippen molar-refractivity contribution in [3.8, 4) is 0 Å². The topological polar surface area (TPSA) is 126 Å². The Kier molecular flexibility index (Phi) is 6.79. The molecule has 1 atom stereocenters. The molecule has 2 amide bonds. The van der Waals surface area contributed by atoms with Crippen LogP contribution in [-0.4, -0.2) is 35.6 Å². The normalized spacial score (nSPS) is 12.1. The van der Waals surface area contributed by atoms with E-state index in [0.29, 0.717) is 33.1 Å². The fraction of sp³-hybridized carbons (Fsp3) is 0.192. The van der Waals surface area contributed by atoms with Crippen LogP contribution in [0.3, 0.4) is 0 Å². The summed E-state index contributed by atoms with van der Waals surface area (Å²) in [5, 5.41) is 7.41. The van der Waals surface area contributed by atoms with Gasteiger partial charge in [-0.15, -0.1) is 0 Å². The van der Waals surface area contributed by atoms with Gasteiger partial charge in [-0.3, -0.25) is 14.4 Å². The van der Waals surface area contributed by atoms with Crippen LogP contribution in [0.15, 0.2) is 65.5 Å². The second kappa shape index (κ2) is 9.94. The average Bonchev–Trinajstić information content (AvgIpc) is 2.81. The number of benzene rings is 3. The molecule has 0 spiro atoms. The average molecular weight is 477 g/mol. The molecule has 0 aliphatic heterocycles. The summed E-state index contributed by atoms with van der Waals surface area (Å²) in [5.41, 5.74) is 6.49. The number of nitrogens with two attached hydrogens (primary N) is 1. The van der Waals surface area contributed by atoms with Crippen molar-refractivity contribution < 1.29 is 18.7 Å². The molecule has 180 valence electrons. The highest BCUT2D eigenvalue weighted by molar-refractivity contribution is 6.13. The molecule has 5 N–H and O–H groups in total. The Hall–Kier alpha value is -4.24. The van der Waals surface area contributed by atoms with E-state index in [1.807, 2.05) is 13.8 Å². The maximum absolute atomic E-state index is 13.6. The molecule has 0 aliphatic carbocycles. The minimum Gasteiger partial charge on any atom is -0.376 e. The number of aromatic nitrogens is 1. The van der Waals surface area contributed by atoms with Gasteiger partial charge in [-0.1, -0.05) is 18.2 Å². The molecule has 4 aromatic rings. The van der Waals surface area contributed by atoms with E-state index in [1.165, 1.54) is 18.2 Å². The molecule has 0 radical (unpaired) electrons. The van der Waals surface area contributed by atoms with E-state index in [0.717, 1.165) is 0 Å². The zero-order chi connectivity index (χ0) is 25.1. The third kappa shape index (κ3) is 5.30. The number of carbonyl (C=O) groups excluding carboxylic acids is 2. The van der Waals surface area contributed by atoms with Crippen molar-refractivity contribution in [3.05, 3.63) is 82.4 Å². The Balaban J connectivity index is 1.68. The zero-order valence-corrected chi connectivity index (χ0v) is 19.2. The van der Waals surface area contributed by atoms with Crippen molar-refractivity contribution in [2.45, 2.75) is 26.0 Å². The number of anilines is 2. The monoisotopic (exact) mass is 476 g/mol. The van der Waals surface area contributed by atoms with Gasteiger partial charge < -0.3 is 26.1 Å². The lowest BCUT2D eigenvalue weighted by Crippen LogP contribution is -2.39. The van der Waals surface area contributed by atoms with E-state index in [9.17, 15) is 18.8 Å². The van der Waals surface area contributed by atoms with Crippen molar-refractivity contribution in [2.24, 2.45) is 5.73 Å². The predicted molar refractivity (Wildman–Crippen MR) is 134 cm³/mol. The van der Waals surface area contributed by atoms with Crippen LogP contribution >= 0.6 is 0 Å². The van der Waals surface area contributed by atoms with Gasteiger partial charge in [0.1, 0.15) is 11.9 Å². The van der Waals surface area contributed by atoms with Crippen molar-refractivity contribution in [1.82, 2.24) is 4.98 Å². The number of ether oxygens (including phenoxy) is 1.